The first-order valence-electron chi connectivity index (χ1n) is 10.6. The van der Waals surface area contributed by atoms with Gasteiger partial charge in [0.1, 0.15) is 5.69 Å². The van der Waals surface area contributed by atoms with Gasteiger partial charge in [-0.25, -0.2) is 0 Å². The molecule has 0 aliphatic carbocycles. The maximum atomic E-state index is 13.0. The Labute approximate surface area is 188 Å². The van der Waals surface area contributed by atoms with Crippen LogP contribution in [0.25, 0.3) is 22.4 Å². The Morgan fingerprint density at radius 1 is 1.25 bits per heavy atom. The van der Waals surface area contributed by atoms with Crippen LogP contribution in [-0.4, -0.2) is 57.2 Å². The standard InChI is InChI=1S/C25H26N6O/c1-18-16-31-22(17-30(18)23(32)8-5-13-29(2)3)24(20-9-11-27-12-10-20)25(28-31)21-7-4-6-19(14-21)15-26/h4-12,14,18H,13,16-17H2,1-3H3/b8-5+/t18-/m0/s1. The Balaban J connectivity index is 1.78. The van der Waals surface area contributed by atoms with Crippen molar-refractivity contribution in [2.45, 2.75) is 26.1 Å². The molecule has 1 aromatic carbocycles. The molecule has 32 heavy (non-hydrogen) atoms. The number of amides is 1. The summed E-state index contributed by atoms with van der Waals surface area (Å²) in [5.74, 6) is 0.000469. The Bertz CT molecular complexity index is 1190. The Morgan fingerprint density at radius 3 is 2.75 bits per heavy atom. The second-order valence-electron chi connectivity index (χ2n) is 8.26. The van der Waals surface area contributed by atoms with E-state index in [-0.39, 0.29) is 11.9 Å². The average molecular weight is 427 g/mol. The van der Waals surface area contributed by atoms with Gasteiger partial charge in [0, 0.05) is 42.2 Å². The molecule has 4 rings (SSSR count). The summed E-state index contributed by atoms with van der Waals surface area (Å²) in [6, 6.07) is 13.6. The van der Waals surface area contributed by atoms with E-state index in [4.69, 9.17) is 5.10 Å². The Hall–Kier alpha value is -3.76. The van der Waals surface area contributed by atoms with Crippen LogP contribution in [0.3, 0.4) is 0 Å². The average Bonchev–Trinajstić information content (AvgIpc) is 3.17. The van der Waals surface area contributed by atoms with Crippen LogP contribution in [0.2, 0.25) is 0 Å². The third-order valence-corrected chi connectivity index (χ3v) is 5.60. The fraction of sp³-hybridized carbons (Fsp3) is 0.280. The van der Waals surface area contributed by atoms with Crippen molar-refractivity contribution in [2.24, 2.45) is 0 Å². The summed E-state index contributed by atoms with van der Waals surface area (Å²) in [6.07, 6.45) is 7.07. The molecule has 1 aliphatic rings. The number of hydrogen-bond acceptors (Lipinski definition) is 5. The molecule has 3 heterocycles. The second-order valence-corrected chi connectivity index (χ2v) is 8.26. The van der Waals surface area contributed by atoms with Gasteiger partial charge >= 0.3 is 0 Å². The summed E-state index contributed by atoms with van der Waals surface area (Å²) < 4.78 is 2.00. The highest BCUT2D eigenvalue weighted by molar-refractivity contribution is 5.89. The molecule has 0 bridgehead atoms. The van der Waals surface area contributed by atoms with E-state index in [0.29, 0.717) is 25.2 Å². The van der Waals surface area contributed by atoms with Gasteiger partial charge in [0.05, 0.1) is 30.4 Å². The van der Waals surface area contributed by atoms with Gasteiger partial charge < -0.3 is 9.80 Å². The van der Waals surface area contributed by atoms with Crippen molar-refractivity contribution < 1.29 is 4.79 Å². The predicted molar refractivity (Wildman–Crippen MR) is 123 cm³/mol. The van der Waals surface area contributed by atoms with Gasteiger partial charge in [-0.15, -0.1) is 0 Å². The Morgan fingerprint density at radius 2 is 2.03 bits per heavy atom. The van der Waals surface area contributed by atoms with E-state index in [9.17, 15) is 10.1 Å². The first-order chi connectivity index (χ1) is 15.5. The molecule has 162 valence electrons. The van der Waals surface area contributed by atoms with Gasteiger partial charge in [-0.3, -0.25) is 14.5 Å². The third kappa shape index (κ3) is 4.32. The summed E-state index contributed by atoms with van der Waals surface area (Å²) in [5, 5.41) is 14.3. The molecule has 3 aromatic rings. The molecule has 1 atom stereocenters. The number of carbonyl (C=O) groups excluding carboxylic acids is 1. The molecule has 0 fully saturated rings. The predicted octanol–water partition coefficient (Wildman–Crippen LogP) is 3.33. The molecule has 2 aromatic heterocycles. The number of fused-ring (bicyclic) bond motifs is 1. The van der Waals surface area contributed by atoms with E-state index in [2.05, 4.69) is 11.1 Å². The minimum absolute atomic E-state index is 0.000469. The highest BCUT2D eigenvalue weighted by atomic mass is 16.2. The number of rotatable bonds is 5. The van der Waals surface area contributed by atoms with Crippen LogP contribution in [-0.2, 0) is 17.9 Å². The van der Waals surface area contributed by atoms with E-state index < -0.39 is 0 Å². The second kappa shape index (κ2) is 9.16. The lowest BCUT2D eigenvalue weighted by molar-refractivity contribution is -0.129. The minimum Gasteiger partial charge on any atom is -0.329 e. The summed E-state index contributed by atoms with van der Waals surface area (Å²) in [7, 11) is 3.95. The number of hydrogen-bond donors (Lipinski definition) is 0. The van der Waals surface area contributed by atoms with Crippen molar-refractivity contribution >= 4 is 5.91 Å². The van der Waals surface area contributed by atoms with E-state index in [1.54, 1.807) is 24.5 Å². The molecule has 7 heteroatoms. The molecular formula is C25H26N6O. The SMILES string of the molecule is C[C@H]1Cn2nc(-c3cccc(C#N)c3)c(-c3ccncc3)c2CN1C(=O)/C=C/CN(C)C. The number of aromatic nitrogens is 3. The summed E-state index contributed by atoms with van der Waals surface area (Å²) in [4.78, 5) is 21.0. The summed E-state index contributed by atoms with van der Waals surface area (Å²) >= 11 is 0. The molecule has 0 saturated carbocycles. The van der Waals surface area contributed by atoms with Gasteiger partial charge in [0.25, 0.3) is 0 Å². The minimum atomic E-state index is 0.000469. The van der Waals surface area contributed by atoms with Crippen LogP contribution in [0.1, 0.15) is 18.2 Å². The van der Waals surface area contributed by atoms with Crippen LogP contribution in [0.15, 0.2) is 60.9 Å². The van der Waals surface area contributed by atoms with Crippen molar-refractivity contribution in [3.63, 3.8) is 0 Å². The molecule has 7 nitrogen and oxygen atoms in total. The van der Waals surface area contributed by atoms with Crippen LogP contribution in [0, 0.1) is 11.3 Å². The highest BCUT2D eigenvalue weighted by Crippen LogP contribution is 2.37. The van der Waals surface area contributed by atoms with Crippen LogP contribution in [0.5, 0.6) is 0 Å². The molecule has 1 aliphatic heterocycles. The quantitative estimate of drug-likeness (QED) is 0.585. The first-order valence-corrected chi connectivity index (χ1v) is 10.6. The monoisotopic (exact) mass is 426 g/mol. The molecule has 0 unspecified atom stereocenters. The molecular weight excluding hydrogens is 400 g/mol. The molecule has 0 spiro atoms. The van der Waals surface area contributed by atoms with Crippen LogP contribution < -0.4 is 0 Å². The van der Waals surface area contributed by atoms with E-state index in [0.717, 1.165) is 28.1 Å². The lowest BCUT2D eigenvalue weighted by atomic mass is 9.97. The van der Waals surface area contributed by atoms with Crippen LogP contribution in [0.4, 0.5) is 0 Å². The van der Waals surface area contributed by atoms with Crippen molar-refractivity contribution in [1.82, 2.24) is 24.6 Å². The molecule has 1 amide bonds. The van der Waals surface area contributed by atoms with Crippen molar-refractivity contribution in [3.05, 3.63) is 72.2 Å². The van der Waals surface area contributed by atoms with Crippen LogP contribution >= 0.6 is 0 Å². The maximum absolute atomic E-state index is 13.0. The fourth-order valence-corrected chi connectivity index (χ4v) is 3.99. The van der Waals surface area contributed by atoms with Gasteiger partial charge in [-0.05, 0) is 50.8 Å². The first kappa shape index (κ1) is 21.5. The number of likely N-dealkylation sites (N-methyl/N-ethyl adjacent to an activating group) is 1. The van der Waals surface area contributed by atoms with E-state index in [1.165, 1.54) is 0 Å². The maximum Gasteiger partial charge on any atom is 0.246 e. The highest BCUT2D eigenvalue weighted by Gasteiger charge is 2.31. The normalized spacial score (nSPS) is 15.7. The van der Waals surface area contributed by atoms with Gasteiger partial charge in [-0.1, -0.05) is 18.2 Å². The number of pyridine rings is 1. The lowest BCUT2D eigenvalue weighted by Crippen LogP contribution is -2.44. The zero-order chi connectivity index (χ0) is 22.7. The molecule has 0 N–H and O–H groups in total. The number of nitriles is 1. The summed E-state index contributed by atoms with van der Waals surface area (Å²) in [6.45, 7) is 3.84. The van der Waals surface area contributed by atoms with Crippen molar-refractivity contribution in [3.8, 4) is 28.5 Å². The number of carbonyl (C=O) groups is 1. The Kier molecular flexibility index (Phi) is 6.15. The van der Waals surface area contributed by atoms with E-state index in [1.807, 2.05) is 71.9 Å². The number of nitrogens with zero attached hydrogens (tertiary/aromatic N) is 6. The zero-order valence-corrected chi connectivity index (χ0v) is 18.6. The van der Waals surface area contributed by atoms with Crippen molar-refractivity contribution in [1.29, 1.82) is 5.26 Å². The largest absolute Gasteiger partial charge is 0.329 e. The number of benzene rings is 1. The van der Waals surface area contributed by atoms with Gasteiger partial charge in [0.2, 0.25) is 5.91 Å². The lowest BCUT2D eigenvalue weighted by Gasteiger charge is -2.33. The zero-order valence-electron chi connectivity index (χ0n) is 18.6. The third-order valence-electron chi connectivity index (χ3n) is 5.60. The fourth-order valence-electron chi connectivity index (χ4n) is 3.99. The summed E-state index contributed by atoms with van der Waals surface area (Å²) in [5.41, 5.74) is 5.24. The van der Waals surface area contributed by atoms with Gasteiger partial charge in [-0.2, -0.15) is 10.4 Å². The molecule has 0 radical (unpaired) electrons. The van der Waals surface area contributed by atoms with E-state index >= 15 is 0 Å². The van der Waals surface area contributed by atoms with Crippen molar-refractivity contribution in [2.75, 3.05) is 20.6 Å². The topological polar surface area (TPSA) is 78.0 Å². The smallest absolute Gasteiger partial charge is 0.246 e. The van der Waals surface area contributed by atoms with Gasteiger partial charge in [0.15, 0.2) is 0 Å². The molecule has 0 saturated heterocycles.